The fourth-order valence-corrected chi connectivity index (χ4v) is 7.16. The van der Waals surface area contributed by atoms with E-state index in [0.717, 1.165) is 43.7 Å². The molecule has 9 nitrogen and oxygen atoms in total. The van der Waals surface area contributed by atoms with Crippen molar-refractivity contribution >= 4 is 15.7 Å². The van der Waals surface area contributed by atoms with Gasteiger partial charge in [0.25, 0.3) is 5.91 Å². The lowest BCUT2D eigenvalue weighted by Crippen LogP contribution is -2.41. The van der Waals surface area contributed by atoms with Crippen molar-refractivity contribution < 1.29 is 17.9 Å². The van der Waals surface area contributed by atoms with Crippen LogP contribution in [0.2, 0.25) is 0 Å². The molecule has 2 fully saturated rings. The van der Waals surface area contributed by atoms with Crippen LogP contribution in [0.15, 0.2) is 53.7 Å². The van der Waals surface area contributed by atoms with Crippen molar-refractivity contribution in [3.63, 3.8) is 0 Å². The van der Waals surface area contributed by atoms with Crippen LogP contribution in [0.3, 0.4) is 0 Å². The van der Waals surface area contributed by atoms with E-state index in [9.17, 15) is 13.2 Å². The molecule has 1 atom stereocenters. The van der Waals surface area contributed by atoms with Crippen LogP contribution in [-0.4, -0.2) is 78.3 Å². The normalized spacial score (nSPS) is 21.6. The number of aromatic nitrogens is 3. The molecule has 0 saturated carbocycles. The molecule has 0 N–H and O–H groups in total. The highest BCUT2D eigenvalue weighted by Crippen LogP contribution is 2.42. The molecule has 5 heterocycles. The van der Waals surface area contributed by atoms with Gasteiger partial charge in [0.1, 0.15) is 0 Å². The number of rotatable bonds is 4. The van der Waals surface area contributed by atoms with E-state index in [1.165, 1.54) is 0 Å². The number of pyridine rings is 1. The van der Waals surface area contributed by atoms with Gasteiger partial charge in [0.15, 0.2) is 15.5 Å². The summed E-state index contributed by atoms with van der Waals surface area (Å²) in [5.74, 6) is -0.428. The number of benzene rings is 1. The zero-order valence-electron chi connectivity index (χ0n) is 20.0. The highest BCUT2D eigenvalue weighted by atomic mass is 32.2. The smallest absolute Gasteiger partial charge is 0.274 e. The molecular weight excluding hydrogens is 478 g/mol. The molecule has 0 spiro atoms. The van der Waals surface area contributed by atoms with Crippen LogP contribution in [0, 0.1) is 0 Å². The second-order valence-electron chi connectivity index (χ2n) is 9.67. The van der Waals surface area contributed by atoms with Crippen LogP contribution in [0.4, 0.5) is 0 Å². The highest BCUT2D eigenvalue weighted by Gasteiger charge is 2.38. The number of fused-ring (bicyclic) bond motifs is 3. The lowest BCUT2D eigenvalue weighted by molar-refractivity contribution is 0.0297. The first-order chi connectivity index (χ1) is 17.5. The van der Waals surface area contributed by atoms with Crippen molar-refractivity contribution in [2.45, 2.75) is 36.1 Å². The topological polar surface area (TPSA) is 97.6 Å². The van der Waals surface area contributed by atoms with Crippen molar-refractivity contribution in [2.75, 3.05) is 39.4 Å². The number of sulfone groups is 1. The molecule has 188 valence electrons. The molecule has 0 unspecified atom stereocenters. The van der Waals surface area contributed by atoms with Gasteiger partial charge < -0.3 is 9.64 Å². The van der Waals surface area contributed by atoms with Gasteiger partial charge in [-0.15, -0.1) is 0 Å². The van der Waals surface area contributed by atoms with Gasteiger partial charge in [0, 0.05) is 49.7 Å². The third kappa shape index (κ3) is 4.23. The van der Waals surface area contributed by atoms with Crippen molar-refractivity contribution in [2.24, 2.45) is 0 Å². The number of ether oxygens (including phenoxy) is 1. The van der Waals surface area contributed by atoms with Crippen molar-refractivity contribution in [3.05, 3.63) is 65.6 Å². The van der Waals surface area contributed by atoms with E-state index in [4.69, 9.17) is 9.84 Å². The Hall–Kier alpha value is -3.08. The third-order valence-electron chi connectivity index (χ3n) is 7.28. The molecule has 6 rings (SSSR count). The minimum Gasteiger partial charge on any atom is -0.378 e. The summed E-state index contributed by atoms with van der Waals surface area (Å²) in [6.07, 6.45) is 5.57. The Morgan fingerprint density at radius 2 is 1.92 bits per heavy atom. The van der Waals surface area contributed by atoms with Crippen molar-refractivity contribution in [3.8, 4) is 11.3 Å². The Bertz CT molecular complexity index is 1380. The van der Waals surface area contributed by atoms with E-state index in [1.807, 2.05) is 29.1 Å². The van der Waals surface area contributed by atoms with Crippen molar-refractivity contribution in [1.29, 1.82) is 0 Å². The van der Waals surface area contributed by atoms with Crippen LogP contribution in [0.25, 0.3) is 11.3 Å². The van der Waals surface area contributed by atoms with E-state index < -0.39 is 9.84 Å². The molecule has 3 aromatic rings. The van der Waals surface area contributed by atoms with E-state index >= 15 is 0 Å². The number of carbonyl (C=O) groups excluding carboxylic acids is 1. The first-order valence-electron chi connectivity index (χ1n) is 12.4. The standard InChI is InChI=1S/C26H29N5O4S/c32-26(30-11-13-35-14-12-30)24-22-18-36(33,34)23-8-2-1-7-21(23)25(22)31(28-24)20-6-4-10-29(17-20)16-19-5-3-9-27-15-19/h1-3,5,7-9,15,20H,4,6,10-14,16-18H2/t20-/m0/s1. The molecule has 3 aliphatic heterocycles. The van der Waals surface area contributed by atoms with Crippen LogP contribution in [0.1, 0.15) is 40.5 Å². The third-order valence-corrected chi connectivity index (χ3v) is 8.97. The van der Waals surface area contributed by atoms with Gasteiger partial charge in [-0.2, -0.15) is 5.10 Å². The molecule has 10 heteroatoms. The van der Waals surface area contributed by atoms with E-state index in [0.29, 0.717) is 42.3 Å². The molecule has 1 aromatic carbocycles. The maximum atomic E-state index is 13.6. The fraction of sp³-hybridized carbons (Fsp3) is 0.423. The van der Waals surface area contributed by atoms with Gasteiger partial charge >= 0.3 is 0 Å². The summed E-state index contributed by atoms with van der Waals surface area (Å²) < 4.78 is 33.8. The van der Waals surface area contributed by atoms with E-state index in [2.05, 4.69) is 16.0 Å². The maximum Gasteiger partial charge on any atom is 0.274 e. The number of piperidine rings is 1. The summed E-state index contributed by atoms with van der Waals surface area (Å²) in [7, 11) is -3.58. The largest absolute Gasteiger partial charge is 0.378 e. The molecule has 2 saturated heterocycles. The van der Waals surface area contributed by atoms with E-state index in [-0.39, 0.29) is 23.4 Å². The van der Waals surface area contributed by atoms with Crippen LogP contribution in [0.5, 0.6) is 0 Å². The average Bonchev–Trinajstić information content (AvgIpc) is 3.28. The molecule has 3 aliphatic rings. The molecular formula is C26H29N5O4S. The van der Waals surface area contributed by atoms with Gasteiger partial charge in [-0.1, -0.05) is 24.3 Å². The predicted octanol–water partition coefficient (Wildman–Crippen LogP) is 2.54. The second-order valence-corrected chi connectivity index (χ2v) is 11.6. The Kier molecular flexibility index (Phi) is 6.10. The first-order valence-corrected chi connectivity index (χ1v) is 14.1. The number of morpholine rings is 1. The molecule has 0 bridgehead atoms. The zero-order valence-corrected chi connectivity index (χ0v) is 20.9. The van der Waals surface area contributed by atoms with E-state index in [1.54, 1.807) is 23.2 Å². The van der Waals surface area contributed by atoms with Gasteiger partial charge in [-0.25, -0.2) is 8.42 Å². The SMILES string of the molecule is O=C(c1nn([C@H]2CCCN(Cc3cccnc3)C2)c2c1CS(=O)(=O)c1ccccc1-2)N1CCOCC1. The van der Waals surface area contributed by atoms with Crippen LogP contribution < -0.4 is 0 Å². The highest BCUT2D eigenvalue weighted by molar-refractivity contribution is 7.90. The molecule has 1 amide bonds. The number of amides is 1. The number of hydrogen-bond donors (Lipinski definition) is 0. The minimum absolute atomic E-state index is 0.0317. The summed E-state index contributed by atoms with van der Waals surface area (Å²) in [4.78, 5) is 22.2. The Morgan fingerprint density at radius 1 is 1.08 bits per heavy atom. The van der Waals surface area contributed by atoms with Crippen LogP contribution in [-0.2, 0) is 26.9 Å². The maximum absolute atomic E-state index is 13.6. The Balaban J connectivity index is 1.41. The fourth-order valence-electron chi connectivity index (χ4n) is 5.57. The summed E-state index contributed by atoms with van der Waals surface area (Å²) in [5, 5.41) is 4.88. The second kappa shape index (κ2) is 9.42. The summed E-state index contributed by atoms with van der Waals surface area (Å²) >= 11 is 0. The van der Waals surface area contributed by atoms with Gasteiger partial charge in [0.2, 0.25) is 0 Å². The zero-order chi connectivity index (χ0) is 24.7. The summed E-state index contributed by atoms with van der Waals surface area (Å²) in [5.41, 5.74) is 3.34. The van der Waals surface area contributed by atoms with Gasteiger partial charge in [-0.3, -0.25) is 19.4 Å². The minimum atomic E-state index is -3.58. The number of nitrogens with zero attached hydrogens (tertiary/aromatic N) is 5. The first kappa shape index (κ1) is 23.3. The summed E-state index contributed by atoms with van der Waals surface area (Å²) in [6.45, 7) is 4.43. The quantitative estimate of drug-likeness (QED) is 0.535. The summed E-state index contributed by atoms with van der Waals surface area (Å²) in [6, 6.07) is 11.1. The number of carbonyl (C=O) groups is 1. The lowest BCUT2D eigenvalue weighted by atomic mass is 10.0. The van der Waals surface area contributed by atoms with Gasteiger partial charge in [-0.05, 0) is 37.1 Å². The Morgan fingerprint density at radius 3 is 2.72 bits per heavy atom. The molecule has 0 radical (unpaired) electrons. The van der Waals surface area contributed by atoms with Crippen LogP contribution >= 0.6 is 0 Å². The average molecular weight is 508 g/mol. The van der Waals surface area contributed by atoms with Crippen molar-refractivity contribution in [1.82, 2.24) is 24.6 Å². The molecule has 2 aromatic heterocycles. The number of likely N-dealkylation sites (tertiary alicyclic amines) is 1. The monoisotopic (exact) mass is 507 g/mol. The molecule has 0 aliphatic carbocycles. The molecule has 36 heavy (non-hydrogen) atoms. The lowest BCUT2D eigenvalue weighted by Gasteiger charge is -2.34. The Labute approximate surface area is 210 Å². The number of hydrogen-bond acceptors (Lipinski definition) is 7. The van der Waals surface area contributed by atoms with Gasteiger partial charge in [0.05, 0.1) is 35.6 Å². The predicted molar refractivity (Wildman–Crippen MR) is 133 cm³/mol.